The molecule has 2 aromatic rings. The molecule has 0 unspecified atom stereocenters. The normalized spacial score (nSPS) is 22.2. The van der Waals surface area contributed by atoms with E-state index in [9.17, 15) is 14.0 Å². The smallest absolute Gasteiger partial charge is 0.257 e. The average molecular weight is 467 g/mol. The number of hydrogen-bond donors (Lipinski definition) is 0. The Kier molecular flexibility index (Phi) is 8.20. The van der Waals surface area contributed by atoms with Gasteiger partial charge in [-0.25, -0.2) is 4.39 Å². The van der Waals surface area contributed by atoms with Crippen molar-refractivity contribution in [2.24, 2.45) is 0 Å². The minimum Gasteiger partial charge on any atom is -0.487 e. The van der Waals surface area contributed by atoms with E-state index in [0.29, 0.717) is 36.5 Å². The van der Waals surface area contributed by atoms with Gasteiger partial charge < -0.3 is 14.5 Å². The van der Waals surface area contributed by atoms with Crippen LogP contribution in [0.3, 0.4) is 0 Å². The van der Waals surface area contributed by atoms with Crippen molar-refractivity contribution in [1.82, 2.24) is 9.80 Å². The summed E-state index contributed by atoms with van der Waals surface area (Å²) in [6.45, 7) is 4.05. The first-order chi connectivity index (χ1) is 16.6. The Labute approximate surface area is 201 Å². The molecule has 0 N–H and O–H groups in total. The van der Waals surface area contributed by atoms with Gasteiger partial charge >= 0.3 is 0 Å². The molecule has 5 nitrogen and oxygen atoms in total. The lowest BCUT2D eigenvalue weighted by molar-refractivity contribution is 0.0267. The Hall–Kier alpha value is -2.89. The van der Waals surface area contributed by atoms with Crippen LogP contribution in [0.2, 0.25) is 0 Å². The minimum atomic E-state index is -0.348. The minimum absolute atomic E-state index is 0.00163. The summed E-state index contributed by atoms with van der Waals surface area (Å²) < 4.78 is 20.0. The highest BCUT2D eigenvalue weighted by Crippen LogP contribution is 2.31. The van der Waals surface area contributed by atoms with E-state index in [1.54, 1.807) is 12.1 Å². The first-order valence-corrected chi connectivity index (χ1v) is 12.7. The summed E-state index contributed by atoms with van der Waals surface area (Å²) in [4.78, 5) is 30.8. The number of rotatable bonds is 2. The Bertz CT molecular complexity index is 978. The third-order valence-corrected chi connectivity index (χ3v) is 7.06. The van der Waals surface area contributed by atoms with Crippen LogP contribution in [0, 0.1) is 5.82 Å². The van der Waals surface area contributed by atoms with E-state index in [1.807, 2.05) is 41.0 Å². The molecule has 1 heterocycles. The number of para-hydroxylation sites is 1. The summed E-state index contributed by atoms with van der Waals surface area (Å²) in [5, 5.41) is 0. The van der Waals surface area contributed by atoms with Gasteiger partial charge in [0.25, 0.3) is 11.8 Å². The summed E-state index contributed by atoms with van der Waals surface area (Å²) in [6, 6.07) is 13.2. The molecule has 6 heteroatoms. The molecule has 0 bridgehead atoms. The number of halogens is 1. The second-order valence-electron chi connectivity index (χ2n) is 9.31. The molecule has 1 aliphatic carbocycles. The molecule has 2 atom stereocenters. The molecule has 1 aliphatic heterocycles. The fraction of sp³-hybridized carbons (Fsp3) is 0.500. The fourth-order valence-electron chi connectivity index (χ4n) is 5.17. The van der Waals surface area contributed by atoms with Crippen LogP contribution < -0.4 is 4.74 Å². The summed E-state index contributed by atoms with van der Waals surface area (Å²) >= 11 is 0. The molecular weight excluding hydrogens is 431 g/mol. The monoisotopic (exact) mass is 466 g/mol. The maximum absolute atomic E-state index is 13.6. The zero-order valence-electron chi connectivity index (χ0n) is 20.0. The van der Waals surface area contributed by atoms with Crippen LogP contribution in [0.4, 0.5) is 4.39 Å². The fourth-order valence-corrected chi connectivity index (χ4v) is 5.17. The average Bonchev–Trinajstić information content (AvgIpc) is 2.86. The standard InChI is InChI=1S/C28H35FN2O3/c1-2-30-19-9-3-4-10-20-31(27(32)21-15-17-22(29)18-16-21)24-12-6-8-14-26(24)34-25-13-7-5-11-23(25)28(30)33/h5,7,11,13,15-18,24,26H,2-4,6,8-10,12,14,19-20H2,1H3/t24-,26+/m1/s1. The van der Waals surface area contributed by atoms with Crippen LogP contribution in [0.1, 0.15) is 79.0 Å². The molecule has 2 amide bonds. The van der Waals surface area contributed by atoms with Crippen LogP contribution in [0.25, 0.3) is 0 Å². The molecule has 2 aromatic carbocycles. The quantitative estimate of drug-likeness (QED) is 0.571. The Morgan fingerprint density at radius 3 is 2.41 bits per heavy atom. The van der Waals surface area contributed by atoms with Crippen LogP contribution in [-0.2, 0) is 0 Å². The molecule has 1 fully saturated rings. The number of hydrogen-bond acceptors (Lipinski definition) is 3. The molecule has 4 rings (SSSR count). The van der Waals surface area contributed by atoms with Crippen LogP contribution in [-0.4, -0.2) is 53.4 Å². The first kappa shape index (κ1) is 24.2. The number of fused-ring (bicyclic) bond motifs is 2. The maximum atomic E-state index is 13.6. The van der Waals surface area contributed by atoms with Crippen molar-refractivity contribution < 1.29 is 18.7 Å². The molecule has 2 aliphatic rings. The van der Waals surface area contributed by atoms with E-state index in [2.05, 4.69) is 0 Å². The predicted molar refractivity (Wildman–Crippen MR) is 131 cm³/mol. The van der Waals surface area contributed by atoms with Crippen molar-refractivity contribution >= 4 is 11.8 Å². The Balaban J connectivity index is 1.67. The number of nitrogens with zero attached hydrogens (tertiary/aromatic N) is 2. The number of benzene rings is 2. The van der Waals surface area contributed by atoms with Crippen molar-refractivity contribution in [3.05, 3.63) is 65.5 Å². The lowest BCUT2D eigenvalue weighted by Gasteiger charge is -2.40. The molecule has 34 heavy (non-hydrogen) atoms. The summed E-state index contributed by atoms with van der Waals surface area (Å²) in [7, 11) is 0. The second kappa shape index (κ2) is 11.5. The molecule has 0 saturated heterocycles. The number of ether oxygens (including phenoxy) is 1. The van der Waals surface area contributed by atoms with Gasteiger partial charge in [0, 0.05) is 25.2 Å². The van der Waals surface area contributed by atoms with E-state index >= 15 is 0 Å². The van der Waals surface area contributed by atoms with Gasteiger partial charge in [0.15, 0.2) is 0 Å². The SMILES string of the molecule is CCN1CCCCCCN(C(=O)c2ccc(F)cc2)[C@@H]2CCCC[C@@H]2Oc2ccccc2C1=O. The van der Waals surface area contributed by atoms with Gasteiger partial charge in [-0.1, -0.05) is 31.4 Å². The second-order valence-corrected chi connectivity index (χ2v) is 9.31. The van der Waals surface area contributed by atoms with Crippen molar-refractivity contribution in [2.45, 2.75) is 70.4 Å². The van der Waals surface area contributed by atoms with Gasteiger partial charge in [-0.05, 0) is 75.4 Å². The van der Waals surface area contributed by atoms with E-state index in [0.717, 1.165) is 51.4 Å². The van der Waals surface area contributed by atoms with E-state index in [1.165, 1.54) is 12.1 Å². The van der Waals surface area contributed by atoms with Gasteiger partial charge in [0.2, 0.25) is 0 Å². The van der Waals surface area contributed by atoms with Crippen molar-refractivity contribution in [3.8, 4) is 5.75 Å². The highest BCUT2D eigenvalue weighted by molar-refractivity contribution is 5.97. The molecule has 182 valence electrons. The Morgan fingerprint density at radius 1 is 0.941 bits per heavy atom. The van der Waals surface area contributed by atoms with E-state index in [4.69, 9.17) is 4.74 Å². The highest BCUT2D eigenvalue weighted by atomic mass is 19.1. The first-order valence-electron chi connectivity index (χ1n) is 12.7. The number of amides is 2. The van der Waals surface area contributed by atoms with Gasteiger partial charge in [0.1, 0.15) is 17.7 Å². The molecule has 1 saturated carbocycles. The maximum Gasteiger partial charge on any atom is 0.257 e. The molecule has 0 spiro atoms. The zero-order chi connectivity index (χ0) is 23.9. The van der Waals surface area contributed by atoms with Gasteiger partial charge in [-0.15, -0.1) is 0 Å². The molecule has 0 aromatic heterocycles. The van der Waals surface area contributed by atoms with Crippen LogP contribution in [0.15, 0.2) is 48.5 Å². The van der Waals surface area contributed by atoms with Gasteiger partial charge in [-0.3, -0.25) is 9.59 Å². The zero-order valence-corrected chi connectivity index (χ0v) is 20.0. The van der Waals surface area contributed by atoms with Crippen molar-refractivity contribution in [3.63, 3.8) is 0 Å². The summed E-state index contributed by atoms with van der Waals surface area (Å²) in [6.07, 6.45) is 7.38. The van der Waals surface area contributed by atoms with Gasteiger partial charge in [0.05, 0.1) is 11.6 Å². The topological polar surface area (TPSA) is 49.9 Å². The van der Waals surface area contributed by atoms with E-state index in [-0.39, 0.29) is 29.8 Å². The largest absolute Gasteiger partial charge is 0.487 e. The molecule has 0 radical (unpaired) electrons. The third-order valence-electron chi connectivity index (χ3n) is 7.06. The number of carbonyl (C=O) groups excluding carboxylic acids is 2. The lowest BCUT2D eigenvalue weighted by atomic mass is 9.90. The lowest BCUT2D eigenvalue weighted by Crippen LogP contribution is -2.51. The van der Waals surface area contributed by atoms with Crippen molar-refractivity contribution in [1.29, 1.82) is 0 Å². The Morgan fingerprint density at radius 2 is 1.65 bits per heavy atom. The van der Waals surface area contributed by atoms with Gasteiger partial charge in [-0.2, -0.15) is 0 Å². The number of carbonyl (C=O) groups is 2. The summed E-state index contributed by atoms with van der Waals surface area (Å²) in [5.41, 5.74) is 1.09. The van der Waals surface area contributed by atoms with Crippen molar-refractivity contribution in [2.75, 3.05) is 19.6 Å². The van der Waals surface area contributed by atoms with Crippen LogP contribution in [0.5, 0.6) is 5.75 Å². The summed E-state index contributed by atoms with van der Waals surface area (Å²) in [5.74, 6) is 0.170. The third kappa shape index (κ3) is 5.60. The van der Waals surface area contributed by atoms with E-state index < -0.39 is 0 Å². The van der Waals surface area contributed by atoms with Crippen LogP contribution >= 0.6 is 0 Å². The predicted octanol–water partition coefficient (Wildman–Crippen LogP) is 5.69. The highest BCUT2D eigenvalue weighted by Gasteiger charge is 2.35. The molecular formula is C28H35FN2O3.